The van der Waals surface area contributed by atoms with E-state index in [1.54, 1.807) is 0 Å². The van der Waals surface area contributed by atoms with Crippen LogP contribution in [-0.2, 0) is 0 Å². The third kappa shape index (κ3) is 3.60. The van der Waals surface area contributed by atoms with E-state index in [9.17, 15) is 5.11 Å². The van der Waals surface area contributed by atoms with Crippen molar-refractivity contribution < 1.29 is 5.11 Å². The first-order chi connectivity index (χ1) is 14.1. The molecule has 2 aromatic rings. The summed E-state index contributed by atoms with van der Waals surface area (Å²) in [6.07, 6.45) is 5.53. The first-order valence-electron chi connectivity index (χ1n) is 8.78. The third-order valence-electron chi connectivity index (χ3n) is 4.64. The monoisotopic (exact) mass is 605 g/mol. The minimum atomic E-state index is -0.528. The highest BCUT2D eigenvalue weighted by molar-refractivity contribution is 14.1. The third-order valence-corrected chi connectivity index (χ3v) is 6.07. The molecule has 0 unspecified atom stereocenters. The molecule has 0 aromatic heterocycles. The molecule has 0 bridgehead atoms. The van der Waals surface area contributed by atoms with Crippen LogP contribution in [-0.4, -0.2) is 34.0 Å². The Morgan fingerprint density at radius 1 is 0.862 bits per heavy atom. The fourth-order valence-electron chi connectivity index (χ4n) is 3.19. The van der Waals surface area contributed by atoms with Crippen LogP contribution < -0.4 is 0 Å². The summed E-state index contributed by atoms with van der Waals surface area (Å²) in [5.74, 6) is 1.10. The fourth-order valence-corrected chi connectivity index (χ4v) is 3.96. The van der Waals surface area contributed by atoms with Gasteiger partial charge in [-0.1, -0.05) is 36.4 Å². The largest absolute Gasteiger partial charge is 0.378 e. The standard InChI is InChI=1S/C21H13I2N5O/c22-15-7-5-13(6-8-15)18-10-16-9-17(12-1-3-14(4-2-12)19(23)29)26-20-24-11-25-21(27-18)28(16)20/h1-11,19,29H/t19-/m0/s1. The molecule has 0 spiro atoms. The van der Waals surface area contributed by atoms with Crippen LogP contribution >= 0.6 is 45.2 Å². The molecule has 142 valence electrons. The summed E-state index contributed by atoms with van der Waals surface area (Å²) >= 11 is 4.27. The number of rotatable bonds is 3. The quantitative estimate of drug-likeness (QED) is 0.414. The lowest BCUT2D eigenvalue weighted by atomic mass is 10.0. The number of hydrogen-bond acceptors (Lipinski definition) is 6. The van der Waals surface area contributed by atoms with Crippen molar-refractivity contribution in [3.05, 3.63) is 86.6 Å². The summed E-state index contributed by atoms with van der Waals surface area (Å²) in [7, 11) is 0. The van der Waals surface area contributed by atoms with Crippen molar-refractivity contribution in [2.75, 3.05) is 0 Å². The van der Waals surface area contributed by atoms with E-state index in [1.165, 1.54) is 9.91 Å². The molecule has 3 heterocycles. The molecule has 8 heteroatoms. The highest BCUT2D eigenvalue weighted by Crippen LogP contribution is 2.31. The van der Waals surface area contributed by atoms with E-state index in [2.05, 4.69) is 61.8 Å². The molecule has 0 amide bonds. The van der Waals surface area contributed by atoms with Gasteiger partial charge in [0, 0.05) is 14.7 Å². The van der Waals surface area contributed by atoms with Crippen molar-refractivity contribution in [3.8, 4) is 0 Å². The van der Waals surface area contributed by atoms with Crippen molar-refractivity contribution >= 4 is 74.8 Å². The van der Waals surface area contributed by atoms with Crippen LogP contribution in [0.1, 0.15) is 20.8 Å². The fraction of sp³-hybridized carbons (Fsp3) is 0.0476. The van der Waals surface area contributed by atoms with Gasteiger partial charge < -0.3 is 5.11 Å². The van der Waals surface area contributed by atoms with E-state index < -0.39 is 4.11 Å². The summed E-state index contributed by atoms with van der Waals surface area (Å²) in [6, 6.07) is 16.0. The minimum Gasteiger partial charge on any atom is -0.378 e. The van der Waals surface area contributed by atoms with Crippen molar-refractivity contribution in [1.29, 1.82) is 0 Å². The molecule has 3 aliphatic rings. The maximum Gasteiger partial charge on any atom is 0.239 e. The number of benzene rings is 2. The number of guanidine groups is 2. The Labute approximate surface area is 194 Å². The van der Waals surface area contributed by atoms with Gasteiger partial charge >= 0.3 is 0 Å². The Morgan fingerprint density at radius 3 is 2.31 bits per heavy atom. The molecule has 5 rings (SSSR count). The van der Waals surface area contributed by atoms with Gasteiger partial charge in [0.25, 0.3) is 0 Å². The molecule has 6 nitrogen and oxygen atoms in total. The number of aliphatic hydroxyl groups excluding tert-OH is 1. The topological polar surface area (TPSA) is 72.9 Å². The number of nitrogens with zero attached hydrogens (tertiary/aromatic N) is 5. The van der Waals surface area contributed by atoms with Gasteiger partial charge in [0.05, 0.1) is 17.1 Å². The molecule has 3 aliphatic heterocycles. The summed E-state index contributed by atoms with van der Waals surface area (Å²) in [4.78, 5) is 19.9. The molecule has 1 N–H and O–H groups in total. The normalized spacial score (nSPS) is 18.2. The zero-order chi connectivity index (χ0) is 20.0. The Kier molecular flexibility index (Phi) is 4.92. The van der Waals surface area contributed by atoms with Crippen LogP contribution in [0.2, 0.25) is 0 Å². The van der Waals surface area contributed by atoms with Crippen molar-refractivity contribution in [2.24, 2.45) is 20.0 Å². The Balaban J connectivity index is 1.58. The second-order valence-electron chi connectivity index (χ2n) is 6.48. The molecule has 1 atom stereocenters. The van der Waals surface area contributed by atoms with E-state index >= 15 is 0 Å². The van der Waals surface area contributed by atoms with Crippen LogP contribution in [0.25, 0.3) is 5.70 Å². The SMILES string of the molecule is O[C@H](I)c1ccc(C2=CC3=CC(c4ccc(I)cc4)=NC4=NC=NC(=N2)N34)cc1. The highest BCUT2D eigenvalue weighted by atomic mass is 127. The summed E-state index contributed by atoms with van der Waals surface area (Å²) in [5, 5.41) is 9.73. The number of allylic oxidation sites excluding steroid dienone is 2. The first-order valence-corrected chi connectivity index (χ1v) is 11.1. The number of alkyl halides is 1. The summed E-state index contributed by atoms with van der Waals surface area (Å²) < 4.78 is 0.646. The minimum absolute atomic E-state index is 0.528. The Hall–Kier alpha value is -2.18. The van der Waals surface area contributed by atoms with Gasteiger partial charge in [-0.3, -0.25) is 0 Å². The van der Waals surface area contributed by atoms with E-state index in [0.717, 1.165) is 33.8 Å². The molecular formula is C21H13I2N5O. The van der Waals surface area contributed by atoms with Crippen LogP contribution in [0.5, 0.6) is 0 Å². The number of aliphatic hydroxyl groups is 1. The summed E-state index contributed by atoms with van der Waals surface area (Å²) in [6.45, 7) is 0. The lowest BCUT2D eigenvalue weighted by molar-refractivity contribution is 0.286. The van der Waals surface area contributed by atoms with E-state index in [4.69, 9.17) is 4.99 Å². The van der Waals surface area contributed by atoms with E-state index in [-0.39, 0.29) is 0 Å². The Morgan fingerprint density at radius 2 is 1.59 bits per heavy atom. The van der Waals surface area contributed by atoms with Crippen molar-refractivity contribution in [1.82, 2.24) is 4.90 Å². The lowest BCUT2D eigenvalue weighted by Gasteiger charge is -2.31. The second kappa shape index (κ2) is 7.58. The molecule has 0 saturated heterocycles. The zero-order valence-corrected chi connectivity index (χ0v) is 19.2. The average Bonchev–Trinajstić information content (AvgIpc) is 2.74. The van der Waals surface area contributed by atoms with E-state index in [1.807, 2.05) is 63.9 Å². The maximum absolute atomic E-state index is 9.73. The zero-order valence-electron chi connectivity index (χ0n) is 14.9. The molecule has 0 radical (unpaired) electrons. The van der Waals surface area contributed by atoms with Gasteiger partial charge in [0.2, 0.25) is 11.9 Å². The molecule has 0 aliphatic carbocycles. The van der Waals surface area contributed by atoms with Crippen LogP contribution in [0.4, 0.5) is 0 Å². The predicted octanol–water partition coefficient (Wildman–Crippen LogP) is 4.51. The Bertz CT molecular complexity index is 1170. The molecule has 0 saturated carbocycles. The number of aliphatic imine (C=N–C) groups is 4. The van der Waals surface area contributed by atoms with Gasteiger partial charge in [0.1, 0.15) is 10.4 Å². The second-order valence-corrected chi connectivity index (χ2v) is 8.91. The van der Waals surface area contributed by atoms with Gasteiger partial charge in [-0.05, 0) is 75.0 Å². The lowest BCUT2D eigenvalue weighted by Crippen LogP contribution is -2.40. The van der Waals surface area contributed by atoms with Crippen molar-refractivity contribution in [3.63, 3.8) is 0 Å². The molecule has 29 heavy (non-hydrogen) atoms. The van der Waals surface area contributed by atoms with E-state index in [0.29, 0.717) is 11.9 Å². The van der Waals surface area contributed by atoms with Crippen LogP contribution in [0.15, 0.2) is 86.3 Å². The molecular weight excluding hydrogens is 592 g/mol. The summed E-state index contributed by atoms with van der Waals surface area (Å²) in [5.41, 5.74) is 5.41. The maximum atomic E-state index is 9.73. The molecule has 2 aromatic carbocycles. The number of hydrogen-bond donors (Lipinski definition) is 1. The van der Waals surface area contributed by atoms with Crippen LogP contribution in [0.3, 0.4) is 0 Å². The van der Waals surface area contributed by atoms with Gasteiger partial charge in [-0.25, -0.2) is 24.9 Å². The number of halogens is 2. The smallest absolute Gasteiger partial charge is 0.239 e. The first kappa shape index (κ1) is 18.8. The predicted molar refractivity (Wildman–Crippen MR) is 132 cm³/mol. The van der Waals surface area contributed by atoms with Crippen LogP contribution in [0, 0.1) is 3.57 Å². The van der Waals surface area contributed by atoms with Gasteiger partial charge in [-0.15, -0.1) is 0 Å². The average molecular weight is 605 g/mol. The van der Waals surface area contributed by atoms with Gasteiger partial charge in [-0.2, -0.15) is 0 Å². The van der Waals surface area contributed by atoms with Gasteiger partial charge in [0.15, 0.2) is 0 Å². The van der Waals surface area contributed by atoms with Crippen molar-refractivity contribution in [2.45, 2.75) is 4.11 Å². The highest BCUT2D eigenvalue weighted by Gasteiger charge is 2.30. The molecule has 0 fully saturated rings.